The number of hydrogen-bond donors (Lipinski definition) is 3. The Balaban J connectivity index is 1.62. The van der Waals surface area contributed by atoms with Gasteiger partial charge in [0.25, 0.3) is 0 Å². The molecule has 6 heteroatoms. The molecule has 1 unspecified atom stereocenters. The number of carbonyl (C=O) groups excluding carboxylic acids is 1. The maximum absolute atomic E-state index is 11.5. The third-order valence-electron chi connectivity index (χ3n) is 3.49. The summed E-state index contributed by atoms with van der Waals surface area (Å²) in [4.78, 5) is 16.1. The number of nitrogens with zero attached hydrogens (tertiary/aromatic N) is 1. The minimum Gasteiger partial charge on any atom is -0.357 e. The van der Waals surface area contributed by atoms with E-state index < -0.39 is 0 Å². The molecule has 0 aromatic rings. The summed E-state index contributed by atoms with van der Waals surface area (Å²) in [6.45, 7) is 5.20. The van der Waals surface area contributed by atoms with Crippen molar-refractivity contribution in [2.24, 2.45) is 10.9 Å². The molecule has 20 heavy (non-hydrogen) atoms. The standard InChI is InChI=1S/C14H26N4OS/c1-2-15-14(18-10-12-4-3-9-20-12)17-8-7-16-13(19)11-5-6-11/h11-12H,2-10H2,1H3,(H,16,19)(H2,15,17,18). The van der Waals surface area contributed by atoms with E-state index in [9.17, 15) is 4.79 Å². The molecule has 1 saturated heterocycles. The smallest absolute Gasteiger partial charge is 0.223 e. The van der Waals surface area contributed by atoms with Gasteiger partial charge in [-0.05, 0) is 38.4 Å². The summed E-state index contributed by atoms with van der Waals surface area (Å²) in [5, 5.41) is 10.2. The predicted octanol–water partition coefficient (Wildman–Crippen LogP) is 0.963. The summed E-state index contributed by atoms with van der Waals surface area (Å²) in [7, 11) is 0. The first-order chi connectivity index (χ1) is 9.79. The third-order valence-corrected chi connectivity index (χ3v) is 4.87. The average Bonchev–Trinajstić information content (AvgIpc) is 3.17. The minimum atomic E-state index is 0.205. The van der Waals surface area contributed by atoms with Crippen LogP contribution in [0.2, 0.25) is 0 Å². The number of thioether (sulfide) groups is 1. The van der Waals surface area contributed by atoms with E-state index >= 15 is 0 Å². The number of nitrogens with one attached hydrogen (secondary N) is 3. The fourth-order valence-corrected chi connectivity index (χ4v) is 3.36. The Morgan fingerprint density at radius 3 is 2.65 bits per heavy atom. The zero-order valence-corrected chi connectivity index (χ0v) is 13.1. The molecule has 1 heterocycles. The van der Waals surface area contributed by atoms with E-state index in [1.807, 2.05) is 11.8 Å². The molecular formula is C14H26N4OS. The van der Waals surface area contributed by atoms with Gasteiger partial charge in [0, 0.05) is 30.8 Å². The molecular weight excluding hydrogens is 272 g/mol. The largest absolute Gasteiger partial charge is 0.357 e. The van der Waals surface area contributed by atoms with Crippen LogP contribution in [0, 0.1) is 5.92 Å². The lowest BCUT2D eigenvalue weighted by Crippen LogP contribution is -2.42. The first kappa shape index (κ1) is 15.5. The van der Waals surface area contributed by atoms with Gasteiger partial charge in [-0.15, -0.1) is 0 Å². The van der Waals surface area contributed by atoms with E-state index in [4.69, 9.17) is 0 Å². The quantitative estimate of drug-likeness (QED) is 0.372. The molecule has 1 amide bonds. The van der Waals surface area contributed by atoms with E-state index in [-0.39, 0.29) is 11.8 Å². The Kier molecular flexibility index (Phi) is 6.50. The molecule has 0 spiro atoms. The zero-order valence-electron chi connectivity index (χ0n) is 12.3. The fourth-order valence-electron chi connectivity index (χ4n) is 2.18. The summed E-state index contributed by atoms with van der Waals surface area (Å²) in [6.07, 6.45) is 4.72. The molecule has 114 valence electrons. The van der Waals surface area contributed by atoms with Crippen LogP contribution in [-0.2, 0) is 4.79 Å². The van der Waals surface area contributed by atoms with E-state index in [1.54, 1.807) is 0 Å². The molecule has 2 fully saturated rings. The van der Waals surface area contributed by atoms with Gasteiger partial charge in [0.05, 0.1) is 6.54 Å². The Hall–Kier alpha value is -0.910. The minimum absolute atomic E-state index is 0.205. The van der Waals surface area contributed by atoms with Gasteiger partial charge in [-0.2, -0.15) is 11.8 Å². The van der Waals surface area contributed by atoms with Gasteiger partial charge in [-0.1, -0.05) is 0 Å². The van der Waals surface area contributed by atoms with Crippen molar-refractivity contribution in [3.8, 4) is 0 Å². The van der Waals surface area contributed by atoms with E-state index in [0.29, 0.717) is 11.8 Å². The molecule has 5 nitrogen and oxygen atoms in total. The number of rotatable bonds is 7. The van der Waals surface area contributed by atoms with Crippen molar-refractivity contribution in [3.05, 3.63) is 0 Å². The number of carbonyl (C=O) groups is 1. The van der Waals surface area contributed by atoms with Crippen molar-refractivity contribution < 1.29 is 4.79 Å². The maximum Gasteiger partial charge on any atom is 0.223 e. The fraction of sp³-hybridized carbons (Fsp3) is 0.857. The molecule has 1 atom stereocenters. The van der Waals surface area contributed by atoms with Crippen LogP contribution in [0.25, 0.3) is 0 Å². The van der Waals surface area contributed by atoms with Crippen molar-refractivity contribution in [2.75, 3.05) is 31.9 Å². The highest BCUT2D eigenvalue weighted by molar-refractivity contribution is 8.00. The van der Waals surface area contributed by atoms with E-state index in [1.165, 1.54) is 18.6 Å². The lowest BCUT2D eigenvalue weighted by molar-refractivity contribution is -0.122. The highest BCUT2D eigenvalue weighted by Gasteiger charge is 2.28. The second-order valence-corrected chi connectivity index (χ2v) is 6.75. The molecule has 0 radical (unpaired) electrons. The van der Waals surface area contributed by atoms with Crippen LogP contribution in [0.4, 0.5) is 0 Å². The van der Waals surface area contributed by atoms with Crippen molar-refractivity contribution in [1.29, 1.82) is 0 Å². The maximum atomic E-state index is 11.5. The van der Waals surface area contributed by atoms with Gasteiger partial charge in [0.1, 0.15) is 0 Å². The first-order valence-corrected chi connectivity index (χ1v) is 8.76. The van der Waals surface area contributed by atoms with Crippen LogP contribution < -0.4 is 16.0 Å². The highest BCUT2D eigenvalue weighted by Crippen LogP contribution is 2.28. The number of hydrogen-bond acceptors (Lipinski definition) is 3. The van der Waals surface area contributed by atoms with Gasteiger partial charge in [0.15, 0.2) is 5.96 Å². The number of amides is 1. The molecule has 0 aromatic heterocycles. The van der Waals surface area contributed by atoms with Gasteiger partial charge < -0.3 is 16.0 Å². The Labute approximate surface area is 125 Å². The van der Waals surface area contributed by atoms with Crippen LogP contribution in [-0.4, -0.2) is 49.0 Å². The third kappa shape index (κ3) is 5.61. The SMILES string of the molecule is CCNC(=NCC1CCCS1)NCCNC(=O)C1CC1. The first-order valence-electron chi connectivity index (χ1n) is 7.71. The Morgan fingerprint density at radius 1 is 1.20 bits per heavy atom. The van der Waals surface area contributed by atoms with Crippen LogP contribution >= 0.6 is 11.8 Å². The van der Waals surface area contributed by atoms with Gasteiger partial charge >= 0.3 is 0 Å². The lowest BCUT2D eigenvalue weighted by atomic mass is 10.2. The van der Waals surface area contributed by atoms with Crippen molar-refractivity contribution >= 4 is 23.6 Å². The summed E-state index contributed by atoms with van der Waals surface area (Å²) in [5.74, 6) is 2.63. The second-order valence-electron chi connectivity index (χ2n) is 5.35. The van der Waals surface area contributed by atoms with Gasteiger partial charge in [-0.3, -0.25) is 9.79 Å². The van der Waals surface area contributed by atoms with Crippen LogP contribution in [0.15, 0.2) is 4.99 Å². The normalized spacial score (nSPS) is 22.6. The molecule has 2 rings (SSSR count). The molecule has 2 aliphatic rings. The van der Waals surface area contributed by atoms with Gasteiger partial charge in [0.2, 0.25) is 5.91 Å². The predicted molar refractivity (Wildman–Crippen MR) is 85.2 cm³/mol. The molecule has 0 bridgehead atoms. The van der Waals surface area contributed by atoms with Crippen LogP contribution in [0.3, 0.4) is 0 Å². The highest BCUT2D eigenvalue weighted by atomic mass is 32.2. The van der Waals surface area contributed by atoms with Crippen molar-refractivity contribution in [1.82, 2.24) is 16.0 Å². The zero-order chi connectivity index (χ0) is 14.2. The summed E-state index contributed by atoms with van der Waals surface area (Å²) in [5.41, 5.74) is 0. The van der Waals surface area contributed by atoms with Crippen LogP contribution in [0.1, 0.15) is 32.6 Å². The van der Waals surface area contributed by atoms with E-state index in [0.717, 1.165) is 38.4 Å². The topological polar surface area (TPSA) is 65.5 Å². The number of aliphatic imine (C=N–C) groups is 1. The summed E-state index contributed by atoms with van der Waals surface area (Å²) >= 11 is 2.03. The molecule has 1 aliphatic carbocycles. The summed E-state index contributed by atoms with van der Waals surface area (Å²) < 4.78 is 0. The second kappa shape index (κ2) is 8.39. The lowest BCUT2D eigenvalue weighted by Gasteiger charge is -2.13. The van der Waals surface area contributed by atoms with Crippen molar-refractivity contribution in [2.45, 2.75) is 37.9 Å². The van der Waals surface area contributed by atoms with E-state index in [2.05, 4.69) is 27.9 Å². The Morgan fingerprint density at radius 2 is 2.00 bits per heavy atom. The molecule has 3 N–H and O–H groups in total. The molecule has 1 saturated carbocycles. The summed E-state index contributed by atoms with van der Waals surface area (Å²) in [6, 6.07) is 0. The van der Waals surface area contributed by atoms with Gasteiger partial charge in [-0.25, -0.2) is 0 Å². The average molecular weight is 298 g/mol. The molecule has 0 aromatic carbocycles. The van der Waals surface area contributed by atoms with Crippen molar-refractivity contribution in [3.63, 3.8) is 0 Å². The monoisotopic (exact) mass is 298 g/mol. The number of guanidine groups is 1. The Bertz CT molecular complexity index is 338. The molecule has 1 aliphatic heterocycles. The van der Waals surface area contributed by atoms with Crippen LogP contribution in [0.5, 0.6) is 0 Å².